The van der Waals surface area contributed by atoms with Crippen molar-refractivity contribution in [3.63, 3.8) is 0 Å². The van der Waals surface area contributed by atoms with Gasteiger partial charge in [-0.15, -0.1) is 10.2 Å². The van der Waals surface area contributed by atoms with Gasteiger partial charge in [0.05, 0.1) is 0 Å². The maximum atomic E-state index is 11.1. The molecule has 2 aromatic heterocycles. The Labute approximate surface area is 103 Å². The predicted octanol–water partition coefficient (Wildman–Crippen LogP) is 1.87. The van der Waals surface area contributed by atoms with Crippen LogP contribution < -0.4 is 0 Å². The lowest BCUT2D eigenvalue weighted by atomic mass is 10.2. The number of pyridine rings is 1. The largest absolute Gasteiger partial charge is 0.309 e. The molecule has 0 amide bonds. The van der Waals surface area contributed by atoms with Crippen LogP contribution in [-0.4, -0.2) is 25.5 Å². The van der Waals surface area contributed by atoms with Gasteiger partial charge in [0.25, 0.3) is 0 Å². The molecule has 0 spiro atoms. The molecule has 0 aliphatic heterocycles. The van der Waals surface area contributed by atoms with E-state index in [1.165, 1.54) is 18.7 Å². The molecule has 17 heavy (non-hydrogen) atoms. The van der Waals surface area contributed by atoms with Crippen molar-refractivity contribution in [3.05, 3.63) is 29.7 Å². The van der Waals surface area contributed by atoms with Crippen LogP contribution in [0.5, 0.6) is 0 Å². The molecule has 88 valence electrons. The van der Waals surface area contributed by atoms with Crippen LogP contribution >= 0.6 is 11.8 Å². The third kappa shape index (κ3) is 2.52. The third-order valence-corrected chi connectivity index (χ3v) is 3.38. The zero-order chi connectivity index (χ0) is 12.4. The molecular formula is C11H12N4OS. The first-order valence-corrected chi connectivity index (χ1v) is 5.90. The van der Waals surface area contributed by atoms with Crippen molar-refractivity contribution in [2.24, 2.45) is 7.05 Å². The van der Waals surface area contributed by atoms with E-state index in [0.29, 0.717) is 5.56 Å². The Morgan fingerprint density at radius 2 is 2.12 bits per heavy atom. The number of ketones is 1. The highest BCUT2D eigenvalue weighted by Gasteiger charge is 2.08. The molecule has 2 heterocycles. The lowest BCUT2D eigenvalue weighted by molar-refractivity contribution is 0.101. The van der Waals surface area contributed by atoms with Gasteiger partial charge in [-0.05, 0) is 37.7 Å². The van der Waals surface area contributed by atoms with Crippen molar-refractivity contribution in [2.45, 2.75) is 24.0 Å². The fourth-order valence-electron chi connectivity index (χ4n) is 1.22. The summed E-state index contributed by atoms with van der Waals surface area (Å²) in [6.45, 7) is 3.42. The lowest BCUT2D eigenvalue weighted by Gasteiger charge is -2.01. The Bertz CT molecular complexity index is 547. The van der Waals surface area contributed by atoms with E-state index >= 15 is 0 Å². The predicted molar refractivity (Wildman–Crippen MR) is 64.1 cm³/mol. The van der Waals surface area contributed by atoms with Crippen LogP contribution in [0.15, 0.2) is 28.5 Å². The molecule has 0 saturated heterocycles. The summed E-state index contributed by atoms with van der Waals surface area (Å²) in [6.07, 6.45) is 1.58. The number of aryl methyl sites for hydroxylation is 1. The number of carbonyl (C=O) groups excluding carboxylic acids is 1. The minimum atomic E-state index is 0.0172. The van der Waals surface area contributed by atoms with Crippen molar-refractivity contribution in [1.29, 1.82) is 0 Å². The van der Waals surface area contributed by atoms with E-state index in [2.05, 4.69) is 15.2 Å². The fraction of sp³-hybridized carbons (Fsp3) is 0.273. The molecule has 0 unspecified atom stereocenters. The zero-order valence-corrected chi connectivity index (χ0v) is 10.7. The van der Waals surface area contributed by atoms with Crippen molar-refractivity contribution in [3.8, 4) is 0 Å². The van der Waals surface area contributed by atoms with Crippen LogP contribution in [0, 0.1) is 6.92 Å². The van der Waals surface area contributed by atoms with Crippen molar-refractivity contribution in [2.75, 3.05) is 0 Å². The second-order valence-corrected chi connectivity index (χ2v) is 4.62. The highest BCUT2D eigenvalue weighted by Crippen LogP contribution is 2.23. The van der Waals surface area contributed by atoms with Gasteiger partial charge in [-0.1, -0.05) is 0 Å². The SMILES string of the molecule is CC(=O)c1ccc(Sc2nnc(C)n2C)nc1. The lowest BCUT2D eigenvalue weighted by Crippen LogP contribution is -1.95. The fourth-order valence-corrected chi connectivity index (χ4v) is 2.00. The molecule has 0 fully saturated rings. The zero-order valence-electron chi connectivity index (χ0n) is 9.84. The van der Waals surface area contributed by atoms with Crippen molar-refractivity contribution < 1.29 is 4.79 Å². The molecule has 0 saturated carbocycles. The van der Waals surface area contributed by atoms with Crippen LogP contribution in [-0.2, 0) is 7.05 Å². The first-order valence-electron chi connectivity index (χ1n) is 5.09. The van der Waals surface area contributed by atoms with Gasteiger partial charge in [0.15, 0.2) is 10.9 Å². The van der Waals surface area contributed by atoms with Gasteiger partial charge in [-0.3, -0.25) is 4.79 Å². The number of hydrogen-bond acceptors (Lipinski definition) is 5. The molecule has 0 bridgehead atoms. The van der Waals surface area contributed by atoms with Crippen LogP contribution in [0.3, 0.4) is 0 Å². The molecule has 0 radical (unpaired) electrons. The summed E-state index contributed by atoms with van der Waals surface area (Å²) in [7, 11) is 1.90. The Hall–Kier alpha value is -1.69. The summed E-state index contributed by atoms with van der Waals surface area (Å²) in [5, 5.41) is 9.59. The molecule has 0 atom stereocenters. The quantitative estimate of drug-likeness (QED) is 0.776. The van der Waals surface area contributed by atoms with Crippen LogP contribution in [0.25, 0.3) is 0 Å². The number of hydrogen-bond donors (Lipinski definition) is 0. The number of carbonyl (C=O) groups is 1. The van der Waals surface area contributed by atoms with Gasteiger partial charge in [0.1, 0.15) is 10.9 Å². The maximum absolute atomic E-state index is 11.1. The first-order chi connectivity index (χ1) is 8.08. The summed E-state index contributed by atoms with van der Waals surface area (Å²) in [6, 6.07) is 3.58. The second kappa shape index (κ2) is 4.67. The van der Waals surface area contributed by atoms with Gasteiger partial charge < -0.3 is 4.57 Å². The normalized spacial score (nSPS) is 10.5. The van der Waals surface area contributed by atoms with Crippen LogP contribution in [0.1, 0.15) is 23.1 Å². The number of aromatic nitrogens is 4. The molecule has 0 aliphatic rings. The molecule has 0 aliphatic carbocycles. The van der Waals surface area contributed by atoms with E-state index in [-0.39, 0.29) is 5.78 Å². The molecule has 5 nitrogen and oxygen atoms in total. The highest BCUT2D eigenvalue weighted by atomic mass is 32.2. The van der Waals surface area contributed by atoms with E-state index in [1.807, 2.05) is 24.6 Å². The van der Waals surface area contributed by atoms with Crippen LogP contribution in [0.2, 0.25) is 0 Å². The highest BCUT2D eigenvalue weighted by molar-refractivity contribution is 7.99. The summed E-state index contributed by atoms with van der Waals surface area (Å²) in [5.41, 5.74) is 0.614. The van der Waals surface area contributed by atoms with Gasteiger partial charge in [0.2, 0.25) is 0 Å². The van der Waals surface area contributed by atoms with E-state index in [9.17, 15) is 4.79 Å². The number of Topliss-reactive ketones (excluding diaryl/α,β-unsaturated/α-hetero) is 1. The second-order valence-electron chi connectivity index (χ2n) is 3.63. The topological polar surface area (TPSA) is 60.7 Å². The average Bonchev–Trinajstić information content (AvgIpc) is 2.62. The molecular weight excluding hydrogens is 236 g/mol. The minimum absolute atomic E-state index is 0.0172. The summed E-state index contributed by atoms with van der Waals surface area (Å²) in [5.74, 6) is 0.872. The summed E-state index contributed by atoms with van der Waals surface area (Å²) in [4.78, 5) is 15.3. The maximum Gasteiger partial charge on any atom is 0.197 e. The van der Waals surface area contributed by atoms with E-state index in [0.717, 1.165) is 16.0 Å². The number of nitrogens with zero attached hydrogens (tertiary/aromatic N) is 4. The van der Waals surface area contributed by atoms with Crippen molar-refractivity contribution in [1.82, 2.24) is 19.7 Å². The molecule has 6 heteroatoms. The van der Waals surface area contributed by atoms with Gasteiger partial charge in [0, 0.05) is 18.8 Å². The minimum Gasteiger partial charge on any atom is -0.309 e. The smallest absolute Gasteiger partial charge is 0.197 e. The molecule has 2 rings (SSSR count). The van der Waals surface area contributed by atoms with Crippen molar-refractivity contribution >= 4 is 17.5 Å². The Kier molecular flexibility index (Phi) is 3.23. The summed E-state index contributed by atoms with van der Waals surface area (Å²) >= 11 is 1.42. The van der Waals surface area contributed by atoms with E-state index < -0.39 is 0 Å². The monoisotopic (exact) mass is 248 g/mol. The average molecular weight is 248 g/mol. The molecule has 2 aromatic rings. The Morgan fingerprint density at radius 1 is 1.35 bits per heavy atom. The first kappa shape index (κ1) is 11.8. The summed E-state index contributed by atoms with van der Waals surface area (Å²) < 4.78 is 1.89. The van der Waals surface area contributed by atoms with Gasteiger partial charge >= 0.3 is 0 Å². The van der Waals surface area contributed by atoms with Gasteiger partial charge in [-0.25, -0.2) is 4.98 Å². The Balaban J connectivity index is 2.19. The van der Waals surface area contributed by atoms with E-state index in [4.69, 9.17) is 0 Å². The van der Waals surface area contributed by atoms with Crippen LogP contribution in [0.4, 0.5) is 0 Å². The Morgan fingerprint density at radius 3 is 2.59 bits per heavy atom. The molecule has 0 aromatic carbocycles. The number of rotatable bonds is 3. The van der Waals surface area contributed by atoms with E-state index in [1.54, 1.807) is 12.3 Å². The standard InChI is InChI=1S/C11H12N4OS/c1-7(16)9-4-5-10(12-6-9)17-11-14-13-8(2)15(11)3/h4-6H,1-3H3. The third-order valence-electron chi connectivity index (χ3n) is 2.39. The molecule has 0 N–H and O–H groups in total. The van der Waals surface area contributed by atoms with Gasteiger partial charge in [-0.2, -0.15) is 0 Å².